The molecule has 0 fully saturated rings. The minimum absolute atomic E-state index is 0.00906. The molecule has 0 bridgehead atoms. The molecule has 0 aliphatic heterocycles. The van der Waals surface area contributed by atoms with Crippen molar-refractivity contribution < 1.29 is 9.53 Å². The normalized spacial score (nSPS) is 10.3. The molecule has 2 aromatic carbocycles. The summed E-state index contributed by atoms with van der Waals surface area (Å²) in [6.07, 6.45) is 1.65. The summed E-state index contributed by atoms with van der Waals surface area (Å²) in [5, 5.41) is 6.12. The molecule has 4 heteroatoms. The third-order valence-corrected chi connectivity index (χ3v) is 3.76. The standard InChI is InChI=1S/C19H24N2O2/c1-20-13-12-16-5-3-4-6-18(16)19(22)21-14-11-15-7-9-17(23-2)10-8-15/h3-10,20H,11-14H2,1-2H3,(H,21,22). The maximum Gasteiger partial charge on any atom is 0.251 e. The van der Waals surface area contributed by atoms with Crippen molar-refractivity contribution in [1.29, 1.82) is 0 Å². The zero-order valence-corrected chi connectivity index (χ0v) is 13.8. The first-order chi connectivity index (χ1) is 11.2. The van der Waals surface area contributed by atoms with Crippen LogP contribution in [0.3, 0.4) is 0 Å². The molecule has 0 atom stereocenters. The maximum atomic E-state index is 12.4. The number of ether oxygens (including phenoxy) is 1. The fourth-order valence-electron chi connectivity index (χ4n) is 2.43. The van der Waals surface area contributed by atoms with Crippen molar-refractivity contribution >= 4 is 5.91 Å². The van der Waals surface area contributed by atoms with E-state index < -0.39 is 0 Å². The lowest BCUT2D eigenvalue weighted by atomic mass is 10.0. The van der Waals surface area contributed by atoms with Crippen LogP contribution in [0, 0.1) is 0 Å². The van der Waals surface area contributed by atoms with Crippen molar-refractivity contribution in [1.82, 2.24) is 10.6 Å². The highest BCUT2D eigenvalue weighted by molar-refractivity contribution is 5.95. The van der Waals surface area contributed by atoms with E-state index in [1.165, 1.54) is 5.56 Å². The molecule has 2 N–H and O–H groups in total. The molecule has 1 amide bonds. The number of nitrogens with one attached hydrogen (secondary N) is 2. The van der Waals surface area contributed by atoms with Crippen LogP contribution in [0.4, 0.5) is 0 Å². The van der Waals surface area contributed by atoms with Crippen molar-refractivity contribution in [2.45, 2.75) is 12.8 Å². The number of hydrogen-bond acceptors (Lipinski definition) is 3. The second kappa shape index (κ2) is 8.96. The van der Waals surface area contributed by atoms with E-state index in [4.69, 9.17) is 4.74 Å². The molecule has 0 heterocycles. The minimum Gasteiger partial charge on any atom is -0.497 e. The van der Waals surface area contributed by atoms with E-state index in [9.17, 15) is 4.79 Å². The van der Waals surface area contributed by atoms with Crippen molar-refractivity contribution in [3.05, 3.63) is 65.2 Å². The molecule has 4 nitrogen and oxygen atoms in total. The van der Waals surface area contributed by atoms with Gasteiger partial charge in [-0.05, 0) is 55.8 Å². The number of rotatable bonds is 8. The molecule has 2 rings (SSSR count). The Morgan fingerprint density at radius 2 is 1.74 bits per heavy atom. The number of carbonyl (C=O) groups excluding carboxylic acids is 1. The highest BCUT2D eigenvalue weighted by atomic mass is 16.5. The van der Waals surface area contributed by atoms with Crippen LogP contribution in [0.1, 0.15) is 21.5 Å². The van der Waals surface area contributed by atoms with Gasteiger partial charge in [-0.3, -0.25) is 4.79 Å². The van der Waals surface area contributed by atoms with Crippen LogP contribution in [0.5, 0.6) is 5.75 Å². The van der Waals surface area contributed by atoms with E-state index in [0.717, 1.165) is 36.3 Å². The molecule has 0 aliphatic carbocycles. The van der Waals surface area contributed by atoms with Crippen molar-refractivity contribution in [3.63, 3.8) is 0 Å². The third-order valence-electron chi connectivity index (χ3n) is 3.76. The Kier molecular flexibility index (Phi) is 6.63. The lowest BCUT2D eigenvalue weighted by Crippen LogP contribution is -2.27. The summed E-state index contributed by atoms with van der Waals surface area (Å²) < 4.78 is 5.14. The monoisotopic (exact) mass is 312 g/mol. The molecule has 0 saturated carbocycles. The third kappa shape index (κ3) is 5.11. The van der Waals surface area contributed by atoms with Gasteiger partial charge in [0.15, 0.2) is 0 Å². The first-order valence-electron chi connectivity index (χ1n) is 7.88. The Balaban J connectivity index is 1.89. The molecular weight excluding hydrogens is 288 g/mol. The zero-order chi connectivity index (χ0) is 16.5. The molecule has 0 spiro atoms. The Bertz CT molecular complexity index is 624. The number of benzene rings is 2. The summed E-state index contributed by atoms with van der Waals surface area (Å²) in [5.74, 6) is 0.835. The van der Waals surface area contributed by atoms with Gasteiger partial charge in [0.25, 0.3) is 5.91 Å². The van der Waals surface area contributed by atoms with Crippen molar-refractivity contribution in [2.24, 2.45) is 0 Å². The highest BCUT2D eigenvalue weighted by Gasteiger charge is 2.09. The molecular formula is C19H24N2O2. The summed E-state index contributed by atoms with van der Waals surface area (Å²) in [6, 6.07) is 15.7. The van der Waals surface area contributed by atoms with Gasteiger partial charge in [-0.1, -0.05) is 30.3 Å². The second-order valence-corrected chi connectivity index (χ2v) is 5.36. The zero-order valence-electron chi connectivity index (χ0n) is 13.8. The molecule has 0 saturated heterocycles. The van der Waals surface area contributed by atoms with Gasteiger partial charge in [0.05, 0.1) is 7.11 Å². The molecule has 0 aromatic heterocycles. The Hall–Kier alpha value is -2.33. The highest BCUT2D eigenvalue weighted by Crippen LogP contribution is 2.12. The van der Waals surface area contributed by atoms with Gasteiger partial charge in [0.2, 0.25) is 0 Å². The van der Waals surface area contributed by atoms with Crippen LogP contribution in [-0.2, 0) is 12.8 Å². The quantitative estimate of drug-likeness (QED) is 0.787. The van der Waals surface area contributed by atoms with Gasteiger partial charge in [-0.2, -0.15) is 0 Å². The summed E-state index contributed by atoms with van der Waals surface area (Å²) in [4.78, 5) is 12.4. The molecule has 2 aromatic rings. The summed E-state index contributed by atoms with van der Waals surface area (Å²) in [6.45, 7) is 1.47. The van der Waals surface area contributed by atoms with Gasteiger partial charge >= 0.3 is 0 Å². The van der Waals surface area contributed by atoms with Crippen molar-refractivity contribution in [2.75, 3.05) is 27.2 Å². The summed E-state index contributed by atoms with van der Waals surface area (Å²) in [5.41, 5.74) is 3.01. The fraction of sp³-hybridized carbons (Fsp3) is 0.316. The molecule has 0 radical (unpaired) electrons. The van der Waals surface area contributed by atoms with Crippen LogP contribution in [-0.4, -0.2) is 33.2 Å². The van der Waals surface area contributed by atoms with Crippen LogP contribution < -0.4 is 15.4 Å². The van der Waals surface area contributed by atoms with Gasteiger partial charge in [0, 0.05) is 12.1 Å². The lowest BCUT2D eigenvalue weighted by molar-refractivity contribution is 0.0953. The van der Waals surface area contributed by atoms with Gasteiger partial charge in [-0.15, -0.1) is 0 Å². The predicted molar refractivity (Wildman–Crippen MR) is 93.1 cm³/mol. The number of hydrogen-bond donors (Lipinski definition) is 2. The number of carbonyl (C=O) groups is 1. The predicted octanol–water partition coefficient (Wildman–Crippen LogP) is 2.43. The Morgan fingerprint density at radius 1 is 1.00 bits per heavy atom. The van der Waals surface area contributed by atoms with E-state index in [1.807, 2.05) is 55.6 Å². The van der Waals surface area contributed by atoms with Crippen LogP contribution in [0.15, 0.2) is 48.5 Å². The SMILES string of the molecule is CNCCc1ccccc1C(=O)NCCc1ccc(OC)cc1. The smallest absolute Gasteiger partial charge is 0.251 e. The molecule has 0 aliphatic rings. The van der Waals surface area contributed by atoms with Gasteiger partial charge in [-0.25, -0.2) is 0 Å². The molecule has 122 valence electrons. The minimum atomic E-state index is -0.00906. The number of methoxy groups -OCH3 is 1. The maximum absolute atomic E-state index is 12.4. The molecule has 0 unspecified atom stereocenters. The van der Waals surface area contributed by atoms with E-state index in [-0.39, 0.29) is 5.91 Å². The topological polar surface area (TPSA) is 50.4 Å². The van der Waals surface area contributed by atoms with Crippen LogP contribution in [0.2, 0.25) is 0 Å². The average Bonchev–Trinajstić information content (AvgIpc) is 2.60. The van der Waals surface area contributed by atoms with Crippen LogP contribution in [0.25, 0.3) is 0 Å². The largest absolute Gasteiger partial charge is 0.497 e. The average molecular weight is 312 g/mol. The van der Waals surface area contributed by atoms with E-state index >= 15 is 0 Å². The van der Waals surface area contributed by atoms with Crippen LogP contribution >= 0.6 is 0 Å². The number of likely N-dealkylation sites (N-methyl/N-ethyl adjacent to an activating group) is 1. The van der Waals surface area contributed by atoms with E-state index in [2.05, 4.69) is 10.6 Å². The summed E-state index contributed by atoms with van der Waals surface area (Å²) >= 11 is 0. The second-order valence-electron chi connectivity index (χ2n) is 5.36. The van der Waals surface area contributed by atoms with E-state index in [1.54, 1.807) is 7.11 Å². The lowest BCUT2D eigenvalue weighted by Gasteiger charge is -2.10. The number of amides is 1. The van der Waals surface area contributed by atoms with E-state index in [0.29, 0.717) is 6.54 Å². The van der Waals surface area contributed by atoms with Gasteiger partial charge < -0.3 is 15.4 Å². The molecule has 23 heavy (non-hydrogen) atoms. The van der Waals surface area contributed by atoms with Crippen molar-refractivity contribution in [3.8, 4) is 5.75 Å². The fourth-order valence-corrected chi connectivity index (χ4v) is 2.43. The first-order valence-corrected chi connectivity index (χ1v) is 7.88. The first kappa shape index (κ1) is 17.0. The Labute approximate surface area is 137 Å². The van der Waals surface area contributed by atoms with Gasteiger partial charge in [0.1, 0.15) is 5.75 Å². The summed E-state index contributed by atoms with van der Waals surface area (Å²) in [7, 11) is 3.57. The Morgan fingerprint density at radius 3 is 2.43 bits per heavy atom.